The number of nitrogens with one attached hydrogen (secondary N) is 1. The molecule has 5 nitrogen and oxygen atoms in total. The predicted octanol–water partition coefficient (Wildman–Crippen LogP) is 6.31. The number of rotatable bonds is 9. The average Bonchev–Trinajstić information content (AvgIpc) is 3.08. The Bertz CT molecular complexity index is 1040. The summed E-state index contributed by atoms with van der Waals surface area (Å²) in [5.74, 6) is 0.974. The Morgan fingerprint density at radius 1 is 1.10 bits per heavy atom. The summed E-state index contributed by atoms with van der Waals surface area (Å²) in [5.41, 5.74) is 0.624. The van der Waals surface area contributed by atoms with E-state index in [1.807, 2.05) is 24.3 Å². The zero-order chi connectivity index (χ0) is 22.5. The number of hydrogen-bond acceptors (Lipinski definition) is 5. The molecule has 0 aliphatic rings. The van der Waals surface area contributed by atoms with Crippen LogP contribution in [0.15, 0.2) is 42.5 Å². The molecule has 0 aliphatic carbocycles. The summed E-state index contributed by atoms with van der Waals surface area (Å²) in [6.45, 7) is 10.0. The molecular weight excluding hydrogens is 432 g/mol. The van der Waals surface area contributed by atoms with E-state index in [0.717, 1.165) is 16.6 Å². The van der Waals surface area contributed by atoms with Crippen molar-refractivity contribution in [2.75, 3.05) is 25.6 Å². The Hall–Kier alpha value is -2.28. The topological polar surface area (TPSA) is 50.8 Å². The average molecular weight is 461 g/mol. The first-order valence-corrected chi connectivity index (χ1v) is 11.6. The van der Waals surface area contributed by atoms with Gasteiger partial charge in [0.2, 0.25) is 0 Å². The van der Waals surface area contributed by atoms with E-state index < -0.39 is 0 Å². The quantitative estimate of drug-likeness (QED) is 0.406. The van der Waals surface area contributed by atoms with Gasteiger partial charge in [0.15, 0.2) is 11.5 Å². The first-order chi connectivity index (χ1) is 14.8. The monoisotopic (exact) mass is 460 g/mol. The smallest absolute Gasteiger partial charge is 0.267 e. The van der Waals surface area contributed by atoms with Gasteiger partial charge in [0, 0.05) is 40.5 Å². The fourth-order valence-corrected chi connectivity index (χ4v) is 5.00. The number of benzene rings is 2. The van der Waals surface area contributed by atoms with E-state index in [-0.39, 0.29) is 5.91 Å². The minimum atomic E-state index is -0.242. The summed E-state index contributed by atoms with van der Waals surface area (Å²) in [5, 5.41) is 4.29. The van der Waals surface area contributed by atoms with Crippen molar-refractivity contribution in [2.24, 2.45) is 0 Å². The van der Waals surface area contributed by atoms with E-state index in [1.54, 1.807) is 25.3 Å². The molecule has 0 bridgehead atoms. The maximum atomic E-state index is 12.9. The molecule has 7 heteroatoms. The number of thiophene rings is 1. The predicted molar refractivity (Wildman–Crippen MR) is 130 cm³/mol. The summed E-state index contributed by atoms with van der Waals surface area (Å²) in [7, 11) is 1.60. The summed E-state index contributed by atoms with van der Waals surface area (Å²) in [6.07, 6.45) is 0. The minimum Gasteiger partial charge on any atom is -0.493 e. The third-order valence-corrected chi connectivity index (χ3v) is 6.77. The van der Waals surface area contributed by atoms with E-state index >= 15 is 0 Å². The van der Waals surface area contributed by atoms with Crippen LogP contribution in [0.25, 0.3) is 10.1 Å². The van der Waals surface area contributed by atoms with Crippen molar-refractivity contribution in [1.29, 1.82) is 0 Å². The highest BCUT2D eigenvalue weighted by Crippen LogP contribution is 2.36. The Morgan fingerprint density at radius 3 is 2.45 bits per heavy atom. The van der Waals surface area contributed by atoms with Crippen LogP contribution in [-0.4, -0.2) is 43.2 Å². The van der Waals surface area contributed by atoms with Crippen LogP contribution in [0.4, 0.5) is 5.69 Å². The number of carbonyl (C=O) groups is 1. The van der Waals surface area contributed by atoms with Gasteiger partial charge in [-0.05, 0) is 45.9 Å². The standard InChI is InChI=1S/C24H29ClN2O3S/c1-15(2)27(16(3)4)12-13-30-20-14-17(10-11-19(20)29-5)26-24(28)23-22(25)18-8-6-7-9-21(18)31-23/h6-11,14-16H,12-13H2,1-5H3,(H,26,28). The lowest BCUT2D eigenvalue weighted by molar-refractivity contribution is 0.103. The van der Waals surface area contributed by atoms with Gasteiger partial charge in [0.1, 0.15) is 11.5 Å². The summed E-state index contributed by atoms with van der Waals surface area (Å²) < 4.78 is 12.4. The molecule has 1 aromatic heterocycles. The van der Waals surface area contributed by atoms with Crippen LogP contribution in [-0.2, 0) is 0 Å². The second kappa shape index (κ2) is 10.4. The second-order valence-electron chi connectivity index (χ2n) is 7.83. The van der Waals surface area contributed by atoms with Gasteiger partial charge < -0.3 is 14.8 Å². The molecule has 0 unspecified atom stereocenters. The van der Waals surface area contributed by atoms with Crippen molar-refractivity contribution in [3.05, 3.63) is 52.4 Å². The van der Waals surface area contributed by atoms with Crippen LogP contribution in [0.1, 0.15) is 37.4 Å². The molecular formula is C24H29ClN2O3S. The normalized spacial score (nSPS) is 11.5. The molecule has 31 heavy (non-hydrogen) atoms. The van der Waals surface area contributed by atoms with Gasteiger partial charge in [-0.2, -0.15) is 0 Å². The number of methoxy groups -OCH3 is 1. The molecule has 166 valence electrons. The van der Waals surface area contributed by atoms with E-state index in [9.17, 15) is 4.79 Å². The molecule has 0 radical (unpaired) electrons. The summed E-state index contributed by atoms with van der Waals surface area (Å²) in [6, 6.07) is 14.0. The van der Waals surface area contributed by atoms with Crippen LogP contribution in [0.5, 0.6) is 11.5 Å². The van der Waals surface area contributed by atoms with Crippen LogP contribution in [0, 0.1) is 0 Å². The number of carbonyl (C=O) groups excluding carboxylic acids is 1. The number of anilines is 1. The Balaban J connectivity index is 1.73. The molecule has 0 atom stereocenters. The number of hydrogen-bond donors (Lipinski definition) is 1. The van der Waals surface area contributed by atoms with Crippen molar-refractivity contribution in [2.45, 2.75) is 39.8 Å². The highest BCUT2D eigenvalue weighted by Gasteiger charge is 2.18. The van der Waals surface area contributed by atoms with Gasteiger partial charge in [-0.3, -0.25) is 9.69 Å². The molecule has 1 N–H and O–H groups in total. The lowest BCUT2D eigenvalue weighted by atomic mass is 10.2. The highest BCUT2D eigenvalue weighted by molar-refractivity contribution is 7.21. The minimum absolute atomic E-state index is 0.242. The van der Waals surface area contributed by atoms with Crippen molar-refractivity contribution in [3.8, 4) is 11.5 Å². The third kappa shape index (κ3) is 5.50. The third-order valence-electron chi connectivity index (χ3n) is 5.10. The van der Waals surface area contributed by atoms with E-state index in [4.69, 9.17) is 21.1 Å². The zero-order valence-electron chi connectivity index (χ0n) is 18.6. The second-order valence-corrected chi connectivity index (χ2v) is 9.27. The van der Waals surface area contributed by atoms with Gasteiger partial charge in [-0.15, -0.1) is 11.3 Å². The van der Waals surface area contributed by atoms with Crippen molar-refractivity contribution in [3.63, 3.8) is 0 Å². The molecule has 0 spiro atoms. The maximum Gasteiger partial charge on any atom is 0.267 e. The fourth-order valence-electron chi connectivity index (χ4n) is 3.59. The van der Waals surface area contributed by atoms with E-state index in [2.05, 4.69) is 37.9 Å². The van der Waals surface area contributed by atoms with Crippen LogP contribution < -0.4 is 14.8 Å². The number of ether oxygens (including phenoxy) is 2. The lowest BCUT2D eigenvalue weighted by Crippen LogP contribution is -2.39. The van der Waals surface area contributed by atoms with Crippen LogP contribution >= 0.6 is 22.9 Å². The lowest BCUT2D eigenvalue weighted by Gasteiger charge is -2.30. The molecule has 1 heterocycles. The van der Waals surface area contributed by atoms with E-state index in [1.165, 1.54) is 11.3 Å². The molecule has 3 aromatic rings. The van der Waals surface area contributed by atoms with Gasteiger partial charge in [-0.1, -0.05) is 29.8 Å². The van der Waals surface area contributed by atoms with Crippen LogP contribution in [0.3, 0.4) is 0 Å². The SMILES string of the molecule is COc1ccc(NC(=O)c2sc3ccccc3c2Cl)cc1OCCN(C(C)C)C(C)C. The Morgan fingerprint density at radius 2 is 1.81 bits per heavy atom. The Labute approximate surface area is 192 Å². The first-order valence-electron chi connectivity index (χ1n) is 10.4. The van der Waals surface area contributed by atoms with E-state index in [0.29, 0.717) is 45.8 Å². The fraction of sp³-hybridized carbons (Fsp3) is 0.375. The van der Waals surface area contributed by atoms with Crippen molar-refractivity contribution in [1.82, 2.24) is 4.90 Å². The first kappa shape index (κ1) is 23.4. The Kier molecular flexibility index (Phi) is 7.81. The number of amides is 1. The number of fused-ring (bicyclic) bond motifs is 1. The van der Waals surface area contributed by atoms with Crippen molar-refractivity contribution < 1.29 is 14.3 Å². The van der Waals surface area contributed by atoms with Gasteiger partial charge in [-0.25, -0.2) is 0 Å². The summed E-state index contributed by atoms with van der Waals surface area (Å²) in [4.78, 5) is 15.7. The number of halogens is 1. The summed E-state index contributed by atoms with van der Waals surface area (Å²) >= 11 is 7.83. The number of nitrogens with zero attached hydrogens (tertiary/aromatic N) is 1. The molecule has 3 rings (SSSR count). The largest absolute Gasteiger partial charge is 0.493 e. The molecule has 1 amide bonds. The van der Waals surface area contributed by atoms with Crippen LogP contribution in [0.2, 0.25) is 5.02 Å². The molecule has 0 fully saturated rings. The molecule has 2 aromatic carbocycles. The maximum absolute atomic E-state index is 12.9. The van der Waals surface area contributed by atoms with Crippen molar-refractivity contribution >= 4 is 44.6 Å². The van der Waals surface area contributed by atoms with Gasteiger partial charge >= 0.3 is 0 Å². The molecule has 0 saturated heterocycles. The van der Waals surface area contributed by atoms with Gasteiger partial charge in [0.05, 0.1) is 12.1 Å². The molecule has 0 saturated carbocycles. The highest BCUT2D eigenvalue weighted by atomic mass is 35.5. The molecule has 0 aliphatic heterocycles. The zero-order valence-corrected chi connectivity index (χ0v) is 20.1. The van der Waals surface area contributed by atoms with Gasteiger partial charge in [0.25, 0.3) is 5.91 Å².